The number of thiazole rings is 1. The molecule has 0 spiro atoms. The van der Waals surface area contributed by atoms with Gasteiger partial charge in [0.1, 0.15) is 5.69 Å². The van der Waals surface area contributed by atoms with E-state index in [0.29, 0.717) is 28.6 Å². The number of benzene rings is 1. The first-order chi connectivity index (χ1) is 17.2. The molecule has 0 aliphatic rings. The number of rotatable bonds is 9. The second kappa shape index (κ2) is 15.7. The fourth-order valence-corrected chi connectivity index (χ4v) is 3.72. The predicted octanol–water partition coefficient (Wildman–Crippen LogP) is 4.18. The number of nitrogens with zero attached hydrogens (tertiary/aromatic N) is 3. The van der Waals surface area contributed by atoms with Crippen molar-refractivity contribution in [3.8, 4) is 16.5 Å². The number of hydrogen-bond donors (Lipinski definition) is 2. The Morgan fingerprint density at radius 1 is 1.17 bits per heavy atom. The summed E-state index contributed by atoms with van der Waals surface area (Å²) in [4.78, 5) is 25.5. The second-order valence-corrected chi connectivity index (χ2v) is 9.09. The Hall–Kier alpha value is -3.23. The zero-order valence-electron chi connectivity index (χ0n) is 20.5. The Bertz CT molecular complexity index is 1190. The fraction of sp³-hybridized carbons (Fsp3) is 0.364. The predicted molar refractivity (Wildman–Crippen MR) is 135 cm³/mol. The van der Waals surface area contributed by atoms with Crippen molar-refractivity contribution < 1.29 is 31.5 Å². The minimum absolute atomic E-state index is 0.0312. The molecule has 0 saturated heterocycles. The van der Waals surface area contributed by atoms with Crippen molar-refractivity contribution >= 4 is 33.0 Å². The number of anilines is 1. The lowest BCUT2D eigenvalue weighted by atomic mass is 10.2. The van der Waals surface area contributed by atoms with Gasteiger partial charge in [-0.2, -0.15) is 8.78 Å². The number of nitrogens with one attached hydrogen (secondary N) is 2. The van der Waals surface area contributed by atoms with E-state index in [2.05, 4.69) is 25.0 Å². The largest absolute Gasteiger partial charge is 0.477 e. The summed E-state index contributed by atoms with van der Waals surface area (Å²) in [6.45, 7) is 6.31. The molecule has 0 aliphatic carbocycles. The third-order valence-corrected chi connectivity index (χ3v) is 5.74. The van der Waals surface area contributed by atoms with Gasteiger partial charge in [0.15, 0.2) is 5.01 Å². The van der Waals surface area contributed by atoms with Crippen molar-refractivity contribution in [2.45, 2.75) is 33.1 Å². The van der Waals surface area contributed by atoms with E-state index in [9.17, 15) is 22.0 Å². The molecule has 0 saturated carbocycles. The fourth-order valence-electron chi connectivity index (χ4n) is 2.39. The highest BCUT2D eigenvalue weighted by Crippen LogP contribution is 2.25. The molecule has 0 unspecified atom stereocenters. The van der Waals surface area contributed by atoms with E-state index in [1.165, 1.54) is 36.8 Å². The number of amides is 1. The molecule has 1 amide bonds. The van der Waals surface area contributed by atoms with Crippen LogP contribution in [-0.2, 0) is 21.3 Å². The standard InChI is InChI=1S/C18H17F2N5O4S2.C2H6O.C2H6/c1-2-29-15-10-21-8-13(24-15)14-9-23-17(30-14)16(26)22-7-11-4-3-5-12(6-11)25-31(27,28)18(19)20;1-3-2;1-2/h3-6,8-10,18,25H,2,7H2,1H3,(H,22,26);1-2H3;1-2H3. The summed E-state index contributed by atoms with van der Waals surface area (Å²) in [6, 6.07) is 5.77. The summed E-state index contributed by atoms with van der Waals surface area (Å²) >= 11 is 1.11. The van der Waals surface area contributed by atoms with Crippen molar-refractivity contribution in [2.75, 3.05) is 25.5 Å². The van der Waals surface area contributed by atoms with E-state index in [-0.39, 0.29) is 17.2 Å². The molecule has 0 fully saturated rings. The summed E-state index contributed by atoms with van der Waals surface area (Å²) in [5, 5.41) is 2.84. The zero-order valence-corrected chi connectivity index (χ0v) is 22.1. The summed E-state index contributed by atoms with van der Waals surface area (Å²) in [5.74, 6) is -3.64. The van der Waals surface area contributed by atoms with Crippen LogP contribution in [0, 0.1) is 0 Å². The molecule has 0 radical (unpaired) electrons. The third kappa shape index (κ3) is 9.79. The molecule has 0 atom stereocenters. The first-order valence-electron chi connectivity index (χ1n) is 10.7. The number of hydrogen-bond acceptors (Lipinski definition) is 9. The molecule has 198 valence electrons. The molecule has 14 heteroatoms. The van der Waals surface area contributed by atoms with Gasteiger partial charge in [-0.1, -0.05) is 26.0 Å². The van der Waals surface area contributed by atoms with Crippen LogP contribution >= 0.6 is 11.3 Å². The number of methoxy groups -OCH3 is 1. The van der Waals surface area contributed by atoms with Crippen LogP contribution < -0.4 is 14.8 Å². The number of halogens is 2. The van der Waals surface area contributed by atoms with Crippen LogP contribution in [0.5, 0.6) is 5.88 Å². The minimum atomic E-state index is -4.77. The van der Waals surface area contributed by atoms with Crippen LogP contribution in [0.3, 0.4) is 0 Å². The van der Waals surface area contributed by atoms with Crippen molar-refractivity contribution in [3.05, 3.63) is 53.4 Å². The summed E-state index contributed by atoms with van der Waals surface area (Å²) in [6.07, 6.45) is 4.51. The van der Waals surface area contributed by atoms with Crippen LogP contribution in [0.1, 0.15) is 36.1 Å². The Morgan fingerprint density at radius 2 is 1.86 bits per heavy atom. The SMILES string of the molecule is CC.CCOc1cncc(-c2cnc(C(=O)NCc3cccc(NS(=O)(=O)C(F)F)c3)s2)n1.COC. The number of alkyl halides is 2. The van der Waals surface area contributed by atoms with Crippen LogP contribution in [0.4, 0.5) is 14.5 Å². The highest BCUT2D eigenvalue weighted by atomic mass is 32.2. The van der Waals surface area contributed by atoms with Gasteiger partial charge in [0.05, 0.1) is 23.9 Å². The summed E-state index contributed by atoms with van der Waals surface area (Å²) < 4.78 is 58.9. The maximum Gasteiger partial charge on any atom is 0.355 e. The topological polar surface area (TPSA) is 132 Å². The quantitative estimate of drug-likeness (QED) is 0.409. The number of ether oxygens (including phenoxy) is 2. The molecular weight excluding hydrogens is 516 g/mol. The first kappa shape index (κ1) is 30.8. The van der Waals surface area contributed by atoms with Gasteiger partial charge in [-0.15, -0.1) is 11.3 Å². The van der Waals surface area contributed by atoms with Gasteiger partial charge in [0.2, 0.25) is 5.88 Å². The van der Waals surface area contributed by atoms with E-state index >= 15 is 0 Å². The zero-order chi connectivity index (χ0) is 27.1. The van der Waals surface area contributed by atoms with Crippen LogP contribution in [-0.4, -0.2) is 55.9 Å². The van der Waals surface area contributed by atoms with E-state index in [0.717, 1.165) is 11.3 Å². The van der Waals surface area contributed by atoms with Crippen molar-refractivity contribution in [1.29, 1.82) is 0 Å². The number of carbonyl (C=O) groups excluding carboxylic acids is 1. The van der Waals surface area contributed by atoms with Crippen LogP contribution in [0.2, 0.25) is 0 Å². The van der Waals surface area contributed by atoms with Crippen molar-refractivity contribution in [3.63, 3.8) is 0 Å². The van der Waals surface area contributed by atoms with Crippen molar-refractivity contribution in [1.82, 2.24) is 20.3 Å². The van der Waals surface area contributed by atoms with Gasteiger partial charge in [-0.05, 0) is 24.6 Å². The molecule has 2 aromatic heterocycles. The summed E-state index contributed by atoms with van der Waals surface area (Å²) in [5.41, 5.74) is 0.993. The molecule has 0 bridgehead atoms. The molecule has 0 aliphatic heterocycles. The maximum atomic E-state index is 12.5. The molecule has 3 rings (SSSR count). The van der Waals surface area contributed by atoms with Gasteiger partial charge >= 0.3 is 5.76 Å². The second-order valence-electron chi connectivity index (χ2n) is 6.40. The molecule has 2 heterocycles. The van der Waals surface area contributed by atoms with Gasteiger partial charge in [0, 0.05) is 32.6 Å². The van der Waals surface area contributed by atoms with E-state index in [1.807, 2.05) is 20.8 Å². The van der Waals surface area contributed by atoms with E-state index in [4.69, 9.17) is 4.74 Å². The smallest absolute Gasteiger partial charge is 0.355 e. The highest BCUT2D eigenvalue weighted by Gasteiger charge is 2.23. The lowest BCUT2D eigenvalue weighted by molar-refractivity contribution is 0.0950. The van der Waals surface area contributed by atoms with Gasteiger partial charge < -0.3 is 14.8 Å². The molecular formula is C22H29F2N5O5S2. The Balaban J connectivity index is 0.00000120. The van der Waals surface area contributed by atoms with Crippen LogP contribution in [0.15, 0.2) is 42.9 Å². The van der Waals surface area contributed by atoms with Gasteiger partial charge in [-0.3, -0.25) is 14.5 Å². The van der Waals surface area contributed by atoms with Crippen LogP contribution in [0.25, 0.3) is 10.6 Å². The lowest BCUT2D eigenvalue weighted by Gasteiger charge is -2.09. The lowest BCUT2D eigenvalue weighted by Crippen LogP contribution is -2.23. The average molecular weight is 546 g/mol. The molecule has 2 N–H and O–H groups in total. The first-order valence-corrected chi connectivity index (χ1v) is 13.0. The van der Waals surface area contributed by atoms with Crippen molar-refractivity contribution in [2.24, 2.45) is 0 Å². The Labute approximate surface area is 213 Å². The van der Waals surface area contributed by atoms with Gasteiger partial charge in [0.25, 0.3) is 15.9 Å². The third-order valence-electron chi connectivity index (χ3n) is 3.73. The molecule has 1 aromatic carbocycles. The van der Waals surface area contributed by atoms with E-state index < -0.39 is 21.7 Å². The Morgan fingerprint density at radius 3 is 2.50 bits per heavy atom. The molecule has 36 heavy (non-hydrogen) atoms. The maximum absolute atomic E-state index is 12.5. The average Bonchev–Trinajstić information content (AvgIpc) is 3.35. The monoisotopic (exact) mass is 545 g/mol. The number of aromatic nitrogens is 3. The normalized spacial score (nSPS) is 10.4. The number of carbonyl (C=O) groups is 1. The number of sulfonamides is 1. The van der Waals surface area contributed by atoms with E-state index in [1.54, 1.807) is 25.0 Å². The van der Waals surface area contributed by atoms with Gasteiger partial charge in [-0.25, -0.2) is 18.4 Å². The molecule has 10 nitrogen and oxygen atoms in total. The Kier molecular flexibility index (Phi) is 13.4. The highest BCUT2D eigenvalue weighted by molar-refractivity contribution is 7.93. The minimum Gasteiger partial charge on any atom is -0.477 e. The molecule has 3 aromatic rings. The summed E-state index contributed by atoms with van der Waals surface area (Å²) in [7, 11) is -1.52.